The highest BCUT2D eigenvalue weighted by Crippen LogP contribution is 2.36. The first-order valence-corrected chi connectivity index (χ1v) is 11.0. The largest absolute Gasteiger partial charge is 0.454 e. The second kappa shape index (κ2) is 8.75. The number of pyridine rings is 1. The molecule has 0 saturated carbocycles. The molecule has 9 nitrogen and oxygen atoms in total. The van der Waals surface area contributed by atoms with Gasteiger partial charge >= 0.3 is 0 Å². The van der Waals surface area contributed by atoms with Crippen molar-refractivity contribution < 1.29 is 19.1 Å². The van der Waals surface area contributed by atoms with Gasteiger partial charge in [-0.15, -0.1) is 11.3 Å². The highest BCUT2D eigenvalue weighted by atomic mass is 32.1. The van der Waals surface area contributed by atoms with Gasteiger partial charge in [0.05, 0.1) is 17.8 Å². The molecular formula is C24H17N5O4S. The molecule has 5 rings (SSSR count). The van der Waals surface area contributed by atoms with Gasteiger partial charge in [0.25, 0.3) is 17.7 Å². The van der Waals surface area contributed by atoms with Gasteiger partial charge in [-0.25, -0.2) is 4.98 Å². The van der Waals surface area contributed by atoms with Gasteiger partial charge in [-0.3, -0.25) is 19.4 Å². The second-order valence-electron chi connectivity index (χ2n) is 7.37. The summed E-state index contributed by atoms with van der Waals surface area (Å²) in [5, 5.41) is 6.36. The highest BCUT2D eigenvalue weighted by Gasteiger charge is 2.21. The molecule has 0 fully saturated rings. The van der Waals surface area contributed by atoms with Crippen molar-refractivity contribution in [3.8, 4) is 22.1 Å². The van der Waals surface area contributed by atoms with Crippen molar-refractivity contribution in [1.29, 1.82) is 0 Å². The average Bonchev–Trinajstić information content (AvgIpc) is 3.27. The number of rotatable bonds is 5. The summed E-state index contributed by atoms with van der Waals surface area (Å²) in [5.41, 5.74) is 7.36. The van der Waals surface area contributed by atoms with Crippen LogP contribution in [0, 0.1) is 0 Å². The van der Waals surface area contributed by atoms with Crippen molar-refractivity contribution in [2.45, 2.75) is 6.54 Å². The Kier molecular flexibility index (Phi) is 5.48. The number of hydrogen-bond acceptors (Lipinski definition) is 7. The van der Waals surface area contributed by atoms with Crippen molar-refractivity contribution in [1.82, 2.24) is 15.3 Å². The Morgan fingerprint density at radius 2 is 1.88 bits per heavy atom. The fourth-order valence-electron chi connectivity index (χ4n) is 3.37. The van der Waals surface area contributed by atoms with Gasteiger partial charge in [0.1, 0.15) is 16.5 Å². The van der Waals surface area contributed by atoms with Gasteiger partial charge in [0.15, 0.2) is 5.75 Å². The van der Waals surface area contributed by atoms with Crippen LogP contribution in [0.5, 0.6) is 11.5 Å². The lowest BCUT2D eigenvalue weighted by molar-refractivity contribution is 0.0949. The molecule has 0 saturated heterocycles. The van der Waals surface area contributed by atoms with E-state index in [2.05, 4.69) is 20.6 Å². The number of nitrogens with one attached hydrogen (secondary N) is 2. The smallest absolute Gasteiger partial charge is 0.267 e. The molecule has 0 spiro atoms. The maximum absolute atomic E-state index is 12.7. The summed E-state index contributed by atoms with van der Waals surface area (Å²) in [6.45, 7) is 0.273. The summed E-state index contributed by atoms with van der Waals surface area (Å²) in [7, 11) is 0. The minimum Gasteiger partial charge on any atom is -0.454 e. The Labute approximate surface area is 197 Å². The number of hydrogen-bond donors (Lipinski definition) is 3. The molecule has 4 N–H and O–H groups in total. The minimum atomic E-state index is -0.595. The first-order valence-electron chi connectivity index (χ1n) is 10.2. The van der Waals surface area contributed by atoms with Crippen LogP contribution in [0.3, 0.4) is 0 Å². The van der Waals surface area contributed by atoms with Crippen molar-refractivity contribution >= 4 is 34.7 Å². The number of fused-ring (bicyclic) bond motifs is 2. The number of anilines is 1. The van der Waals surface area contributed by atoms with Crippen molar-refractivity contribution in [2.75, 3.05) is 5.32 Å². The second-order valence-corrected chi connectivity index (χ2v) is 8.49. The Hall–Kier alpha value is -4.57. The topological polar surface area (TPSA) is 136 Å². The summed E-state index contributed by atoms with van der Waals surface area (Å²) in [5.74, 6) is -0.291. The van der Waals surface area contributed by atoms with Crippen LogP contribution in [-0.4, -0.2) is 27.7 Å². The third-order valence-electron chi connectivity index (χ3n) is 5.08. The number of nitrogens with zero attached hydrogens (tertiary/aromatic N) is 2. The standard InChI is InChI=1S/C24H17N5O4S/c25-21(30)17-7-5-14(10-26-17)24-28-12-15(34-24)11-27-22(31)13-6-8-20-18(9-13)29-23(32)16-3-1-2-4-19(16)33-20/h1-10,12H,11H2,(H2,25,30)(H,27,31)(H,29,32). The van der Waals surface area contributed by atoms with Gasteiger partial charge in [-0.1, -0.05) is 12.1 Å². The molecule has 3 heterocycles. The van der Waals surface area contributed by atoms with E-state index in [0.29, 0.717) is 33.3 Å². The van der Waals surface area contributed by atoms with Crippen molar-refractivity contribution in [3.63, 3.8) is 0 Å². The first-order chi connectivity index (χ1) is 16.5. The van der Waals surface area contributed by atoms with Crippen LogP contribution in [0.1, 0.15) is 36.1 Å². The maximum Gasteiger partial charge on any atom is 0.267 e. The molecule has 0 unspecified atom stereocenters. The molecule has 1 aliphatic rings. The summed E-state index contributed by atoms with van der Waals surface area (Å²) in [6.07, 6.45) is 3.20. The summed E-state index contributed by atoms with van der Waals surface area (Å²) >= 11 is 1.40. The van der Waals surface area contributed by atoms with E-state index >= 15 is 0 Å². The van der Waals surface area contributed by atoms with Gasteiger partial charge in [0, 0.05) is 28.4 Å². The van der Waals surface area contributed by atoms with Crippen LogP contribution in [-0.2, 0) is 6.54 Å². The number of amides is 3. The molecule has 10 heteroatoms. The van der Waals surface area contributed by atoms with Crippen LogP contribution >= 0.6 is 11.3 Å². The van der Waals surface area contributed by atoms with Crippen molar-refractivity contribution in [3.05, 3.63) is 88.7 Å². The predicted molar refractivity (Wildman–Crippen MR) is 126 cm³/mol. The number of para-hydroxylation sites is 1. The molecule has 4 aromatic rings. The Morgan fingerprint density at radius 3 is 2.68 bits per heavy atom. The molecule has 1 aliphatic heterocycles. The molecule has 2 aromatic heterocycles. The first kappa shape index (κ1) is 21.3. The van der Waals surface area contributed by atoms with Gasteiger partial charge in [-0.05, 0) is 42.5 Å². The Bertz CT molecular complexity index is 1430. The quantitative estimate of drug-likeness (QED) is 0.407. The lowest BCUT2D eigenvalue weighted by Crippen LogP contribution is -2.22. The third-order valence-corrected chi connectivity index (χ3v) is 6.13. The number of carbonyl (C=O) groups is 3. The zero-order valence-electron chi connectivity index (χ0n) is 17.6. The Balaban J connectivity index is 1.27. The lowest BCUT2D eigenvalue weighted by atomic mass is 10.1. The van der Waals surface area contributed by atoms with E-state index in [0.717, 1.165) is 10.4 Å². The number of ether oxygens (including phenoxy) is 1. The minimum absolute atomic E-state index is 0.180. The van der Waals surface area contributed by atoms with E-state index in [1.165, 1.54) is 17.5 Å². The van der Waals surface area contributed by atoms with E-state index < -0.39 is 5.91 Å². The summed E-state index contributed by atoms with van der Waals surface area (Å²) in [6, 6.07) is 15.1. The van der Waals surface area contributed by atoms with Gasteiger partial charge in [0.2, 0.25) is 0 Å². The van der Waals surface area contributed by atoms with E-state index in [9.17, 15) is 14.4 Å². The molecule has 0 radical (unpaired) electrons. The third kappa shape index (κ3) is 4.21. The van der Waals surface area contributed by atoms with Gasteiger partial charge in [-0.2, -0.15) is 0 Å². The molecule has 34 heavy (non-hydrogen) atoms. The van der Waals surface area contributed by atoms with E-state index in [1.54, 1.807) is 60.8 Å². The normalized spacial score (nSPS) is 11.9. The maximum atomic E-state index is 12.7. The number of aromatic nitrogens is 2. The molecule has 2 aromatic carbocycles. The SMILES string of the molecule is NC(=O)c1ccc(-c2ncc(CNC(=O)c3ccc4c(c3)NC(=O)c3ccccc3O4)s2)cn1. The van der Waals surface area contributed by atoms with Crippen LogP contribution in [0.25, 0.3) is 10.6 Å². The zero-order valence-corrected chi connectivity index (χ0v) is 18.4. The number of carbonyl (C=O) groups excluding carboxylic acids is 3. The van der Waals surface area contributed by atoms with Crippen LogP contribution in [0.15, 0.2) is 67.0 Å². The number of primary amides is 1. The summed E-state index contributed by atoms with van der Waals surface area (Å²) in [4.78, 5) is 45.6. The van der Waals surface area contributed by atoms with Crippen molar-refractivity contribution in [2.24, 2.45) is 5.73 Å². The predicted octanol–water partition coefficient (Wildman–Crippen LogP) is 3.59. The number of thiazole rings is 1. The molecule has 0 bridgehead atoms. The molecule has 3 amide bonds. The molecule has 0 atom stereocenters. The number of benzene rings is 2. The lowest BCUT2D eigenvalue weighted by Gasteiger charge is -2.10. The fourth-order valence-corrected chi connectivity index (χ4v) is 4.21. The average molecular weight is 471 g/mol. The monoisotopic (exact) mass is 471 g/mol. The molecule has 168 valence electrons. The summed E-state index contributed by atoms with van der Waals surface area (Å²) < 4.78 is 5.85. The van der Waals surface area contributed by atoms with E-state index in [-0.39, 0.29) is 24.1 Å². The fraction of sp³-hybridized carbons (Fsp3) is 0.0417. The van der Waals surface area contributed by atoms with Crippen LogP contribution < -0.4 is 21.1 Å². The van der Waals surface area contributed by atoms with Gasteiger partial charge < -0.3 is 21.1 Å². The number of nitrogens with two attached hydrogens (primary N) is 1. The zero-order chi connectivity index (χ0) is 23.7. The van der Waals surface area contributed by atoms with Crippen LogP contribution in [0.2, 0.25) is 0 Å². The molecular weight excluding hydrogens is 454 g/mol. The van der Waals surface area contributed by atoms with Crippen LogP contribution in [0.4, 0.5) is 5.69 Å². The highest BCUT2D eigenvalue weighted by molar-refractivity contribution is 7.15. The van der Waals surface area contributed by atoms with E-state index in [1.807, 2.05) is 0 Å². The molecule has 0 aliphatic carbocycles. The Morgan fingerprint density at radius 1 is 1.03 bits per heavy atom. The van der Waals surface area contributed by atoms with E-state index in [4.69, 9.17) is 10.5 Å².